The van der Waals surface area contributed by atoms with Crippen LogP contribution in [0.3, 0.4) is 0 Å². The molecule has 3 rings (SSSR count). The zero-order valence-corrected chi connectivity index (χ0v) is 15.4. The van der Waals surface area contributed by atoms with Gasteiger partial charge in [-0.25, -0.2) is 15.0 Å². The molecule has 1 aliphatic carbocycles. The average Bonchev–Trinajstić information content (AvgIpc) is 3.09. The van der Waals surface area contributed by atoms with Crippen LogP contribution in [0.15, 0.2) is 42.0 Å². The molecule has 0 atom stereocenters. The van der Waals surface area contributed by atoms with Crippen molar-refractivity contribution in [3.63, 3.8) is 0 Å². The van der Waals surface area contributed by atoms with E-state index in [0.717, 1.165) is 11.4 Å². The Balaban J connectivity index is 0.00000192. The fourth-order valence-corrected chi connectivity index (χ4v) is 2.74. The van der Waals surface area contributed by atoms with E-state index in [1.165, 1.54) is 32.1 Å². The Morgan fingerprint density at radius 2 is 2.13 bits per heavy atom. The van der Waals surface area contributed by atoms with Gasteiger partial charge in [0, 0.05) is 24.6 Å². The van der Waals surface area contributed by atoms with E-state index in [1.54, 1.807) is 12.5 Å². The van der Waals surface area contributed by atoms with Crippen LogP contribution in [-0.2, 0) is 6.54 Å². The van der Waals surface area contributed by atoms with Gasteiger partial charge >= 0.3 is 0 Å². The van der Waals surface area contributed by atoms with Crippen molar-refractivity contribution in [3.8, 4) is 5.82 Å². The summed E-state index contributed by atoms with van der Waals surface area (Å²) in [4.78, 5) is 12.8. The van der Waals surface area contributed by atoms with Crippen LogP contribution >= 0.6 is 24.0 Å². The summed E-state index contributed by atoms with van der Waals surface area (Å²) in [5, 5.41) is 3.32. The molecule has 23 heavy (non-hydrogen) atoms. The second kappa shape index (κ2) is 8.85. The van der Waals surface area contributed by atoms with Gasteiger partial charge < -0.3 is 11.1 Å². The summed E-state index contributed by atoms with van der Waals surface area (Å²) in [6.45, 7) is 0.544. The number of pyridine rings is 1. The highest BCUT2D eigenvalue weighted by Crippen LogP contribution is 2.17. The maximum Gasteiger partial charge on any atom is 0.189 e. The van der Waals surface area contributed by atoms with Gasteiger partial charge in [0.05, 0.1) is 6.54 Å². The first-order valence-electron chi connectivity index (χ1n) is 7.81. The average molecular weight is 426 g/mol. The number of aromatic nitrogens is 3. The van der Waals surface area contributed by atoms with Crippen molar-refractivity contribution in [3.05, 3.63) is 42.6 Å². The van der Waals surface area contributed by atoms with Crippen LogP contribution < -0.4 is 11.1 Å². The van der Waals surface area contributed by atoms with Gasteiger partial charge in [0.1, 0.15) is 12.1 Å². The highest BCUT2D eigenvalue weighted by Gasteiger charge is 2.13. The van der Waals surface area contributed by atoms with E-state index in [4.69, 9.17) is 5.73 Å². The number of aliphatic imine (C=N–C) groups is 1. The monoisotopic (exact) mass is 426 g/mol. The quantitative estimate of drug-likeness (QED) is 0.448. The summed E-state index contributed by atoms with van der Waals surface area (Å²) in [5.74, 6) is 1.38. The summed E-state index contributed by atoms with van der Waals surface area (Å²) in [6.07, 6.45) is 13.4. The zero-order chi connectivity index (χ0) is 15.2. The second-order valence-electron chi connectivity index (χ2n) is 5.68. The van der Waals surface area contributed by atoms with Crippen LogP contribution in [0.1, 0.15) is 37.7 Å². The number of nitrogens with zero attached hydrogens (tertiary/aromatic N) is 4. The molecule has 2 aromatic heterocycles. The fraction of sp³-hybridized carbons (Fsp3) is 0.438. The lowest BCUT2D eigenvalue weighted by Crippen LogP contribution is -2.41. The number of guanidine groups is 1. The van der Waals surface area contributed by atoms with Crippen LogP contribution in [-0.4, -0.2) is 26.5 Å². The van der Waals surface area contributed by atoms with Gasteiger partial charge in [-0.15, -0.1) is 24.0 Å². The minimum absolute atomic E-state index is 0. The summed E-state index contributed by atoms with van der Waals surface area (Å²) in [6, 6.07) is 4.45. The molecule has 0 spiro atoms. The first kappa shape index (κ1) is 17.7. The predicted octanol–water partition coefficient (Wildman–Crippen LogP) is 2.62. The fourth-order valence-electron chi connectivity index (χ4n) is 2.74. The van der Waals surface area contributed by atoms with Crippen molar-refractivity contribution < 1.29 is 0 Å². The van der Waals surface area contributed by atoms with Gasteiger partial charge in [0.2, 0.25) is 0 Å². The molecule has 1 fully saturated rings. The molecule has 124 valence electrons. The Bertz CT molecular complexity index is 602. The van der Waals surface area contributed by atoms with E-state index < -0.39 is 0 Å². The van der Waals surface area contributed by atoms with Gasteiger partial charge in [-0.2, -0.15) is 0 Å². The second-order valence-corrected chi connectivity index (χ2v) is 5.68. The maximum atomic E-state index is 5.97. The summed E-state index contributed by atoms with van der Waals surface area (Å²) in [5.41, 5.74) is 7.00. The van der Waals surface area contributed by atoms with Crippen LogP contribution in [0, 0.1) is 0 Å². The highest BCUT2D eigenvalue weighted by atomic mass is 127. The minimum atomic E-state index is 0. The third-order valence-electron chi connectivity index (χ3n) is 3.97. The van der Waals surface area contributed by atoms with Crippen molar-refractivity contribution in [2.75, 3.05) is 0 Å². The summed E-state index contributed by atoms with van der Waals surface area (Å²) < 4.78 is 1.87. The number of nitrogens with one attached hydrogen (secondary N) is 1. The Morgan fingerprint density at radius 3 is 2.78 bits per heavy atom. The molecule has 1 aliphatic rings. The Morgan fingerprint density at radius 1 is 1.30 bits per heavy atom. The van der Waals surface area contributed by atoms with E-state index in [0.29, 0.717) is 18.5 Å². The molecule has 7 heteroatoms. The zero-order valence-electron chi connectivity index (χ0n) is 13.1. The molecule has 0 radical (unpaired) electrons. The number of halogens is 1. The van der Waals surface area contributed by atoms with E-state index >= 15 is 0 Å². The van der Waals surface area contributed by atoms with Crippen molar-refractivity contribution in [2.45, 2.75) is 44.7 Å². The van der Waals surface area contributed by atoms with Gasteiger partial charge in [-0.1, -0.05) is 25.3 Å². The molecule has 6 nitrogen and oxygen atoms in total. The van der Waals surface area contributed by atoms with Gasteiger partial charge in [0.15, 0.2) is 5.96 Å². The minimum Gasteiger partial charge on any atom is -0.370 e. The molecule has 0 aromatic carbocycles. The molecule has 0 saturated heterocycles. The number of imidazole rings is 1. The van der Waals surface area contributed by atoms with Crippen LogP contribution in [0.5, 0.6) is 0 Å². The first-order chi connectivity index (χ1) is 10.8. The molecule has 3 N–H and O–H groups in total. The van der Waals surface area contributed by atoms with Gasteiger partial charge in [-0.05, 0) is 24.5 Å². The third-order valence-corrected chi connectivity index (χ3v) is 3.97. The van der Waals surface area contributed by atoms with Crippen LogP contribution in [0.4, 0.5) is 0 Å². The largest absolute Gasteiger partial charge is 0.370 e. The van der Waals surface area contributed by atoms with E-state index in [1.807, 2.05) is 29.1 Å². The Labute approximate surface area is 153 Å². The normalized spacial score (nSPS) is 15.9. The molecular weight excluding hydrogens is 403 g/mol. The lowest BCUT2D eigenvalue weighted by molar-refractivity contribution is 0.412. The Hall–Kier alpha value is -1.64. The van der Waals surface area contributed by atoms with E-state index in [-0.39, 0.29) is 24.0 Å². The molecule has 0 aliphatic heterocycles. The van der Waals surface area contributed by atoms with Crippen LogP contribution in [0.2, 0.25) is 0 Å². The molecule has 1 saturated carbocycles. The highest BCUT2D eigenvalue weighted by molar-refractivity contribution is 14.0. The molecule has 0 unspecified atom stereocenters. The van der Waals surface area contributed by atoms with Gasteiger partial charge in [-0.3, -0.25) is 4.57 Å². The van der Waals surface area contributed by atoms with Crippen molar-refractivity contribution in [1.82, 2.24) is 19.9 Å². The topological polar surface area (TPSA) is 81.1 Å². The number of hydrogen-bond acceptors (Lipinski definition) is 3. The van der Waals surface area contributed by atoms with Gasteiger partial charge in [0.25, 0.3) is 0 Å². The van der Waals surface area contributed by atoms with Crippen molar-refractivity contribution >= 4 is 29.9 Å². The molecule has 2 aromatic rings. The van der Waals surface area contributed by atoms with E-state index in [2.05, 4.69) is 20.3 Å². The lowest BCUT2D eigenvalue weighted by atomic mass is 9.96. The summed E-state index contributed by atoms with van der Waals surface area (Å²) in [7, 11) is 0. The molecule has 0 amide bonds. The molecular formula is C16H23IN6. The Kier molecular flexibility index (Phi) is 6.82. The first-order valence-corrected chi connectivity index (χ1v) is 7.81. The molecule has 0 bridgehead atoms. The predicted molar refractivity (Wildman–Crippen MR) is 102 cm³/mol. The number of rotatable bonds is 4. The maximum absolute atomic E-state index is 5.97. The number of nitrogens with two attached hydrogens (primary N) is 1. The van der Waals surface area contributed by atoms with E-state index in [9.17, 15) is 0 Å². The summed E-state index contributed by atoms with van der Waals surface area (Å²) >= 11 is 0. The van der Waals surface area contributed by atoms with Crippen LogP contribution in [0.25, 0.3) is 5.82 Å². The lowest BCUT2D eigenvalue weighted by Gasteiger charge is -2.23. The van der Waals surface area contributed by atoms with Crippen molar-refractivity contribution in [1.29, 1.82) is 0 Å². The standard InChI is InChI=1S/C16H22N6.HI/c17-16(21-14-4-2-1-3-5-14)20-11-13-6-7-15(19-10-13)22-9-8-18-12-22;/h6-10,12,14H,1-5,11H2,(H3,17,20,21);1H. The number of hydrogen-bond donors (Lipinski definition) is 2. The molecule has 2 heterocycles. The third kappa shape index (κ3) is 5.19. The SMILES string of the molecule is I.NC(=NCc1ccc(-n2ccnc2)nc1)NC1CCCCC1. The van der Waals surface area contributed by atoms with Crippen molar-refractivity contribution in [2.24, 2.45) is 10.7 Å². The smallest absolute Gasteiger partial charge is 0.189 e.